The lowest BCUT2D eigenvalue weighted by molar-refractivity contribution is -0.130. The number of Topliss-reactive ketones (excluding diaryl/α,β-unsaturated/α-hetero) is 1. The van der Waals surface area contributed by atoms with Crippen LogP contribution in [0.25, 0.3) is 0 Å². The number of likely N-dealkylation sites (N-methyl/N-ethyl adjacent to an activating group) is 2. The van der Waals surface area contributed by atoms with Crippen LogP contribution in [0.1, 0.15) is 50.9 Å². The molecule has 0 radical (unpaired) electrons. The van der Waals surface area contributed by atoms with E-state index >= 15 is 0 Å². The average Bonchev–Trinajstić information content (AvgIpc) is 2.70. The minimum Gasteiger partial charge on any atom is -0.295 e. The standard InChI is InChI=1S/C23H32N2O/c1-5-24(6-2)21(19-15-11-9-12-16-19)23(26)22(25(7-3)8-4)20-17-13-10-14-18-20/h9-18,21-22H,5-8H2,1-4H3. The number of benzene rings is 2. The summed E-state index contributed by atoms with van der Waals surface area (Å²) in [5.74, 6) is 0.259. The Hall–Kier alpha value is -1.97. The normalized spacial score (nSPS) is 13.8. The summed E-state index contributed by atoms with van der Waals surface area (Å²) >= 11 is 0. The molecule has 3 nitrogen and oxygen atoms in total. The largest absolute Gasteiger partial charge is 0.295 e. The molecule has 2 unspecified atom stereocenters. The first-order chi connectivity index (χ1) is 12.7. The third-order valence-corrected chi connectivity index (χ3v) is 5.12. The highest BCUT2D eigenvalue weighted by atomic mass is 16.1. The number of hydrogen-bond acceptors (Lipinski definition) is 3. The molecule has 140 valence electrons. The number of carbonyl (C=O) groups excluding carboxylic acids is 1. The average molecular weight is 353 g/mol. The maximum atomic E-state index is 13.9. The van der Waals surface area contributed by atoms with Crippen LogP contribution in [-0.4, -0.2) is 41.8 Å². The minimum absolute atomic E-state index is 0.225. The molecule has 2 atom stereocenters. The predicted octanol–water partition coefficient (Wildman–Crippen LogP) is 4.72. The Morgan fingerprint density at radius 2 is 0.962 bits per heavy atom. The van der Waals surface area contributed by atoms with Crippen molar-refractivity contribution in [3.63, 3.8) is 0 Å². The van der Waals surface area contributed by atoms with Gasteiger partial charge in [-0.15, -0.1) is 0 Å². The van der Waals surface area contributed by atoms with E-state index in [1.165, 1.54) is 0 Å². The van der Waals surface area contributed by atoms with Crippen LogP contribution in [0.15, 0.2) is 60.7 Å². The summed E-state index contributed by atoms with van der Waals surface area (Å²) in [6, 6.07) is 19.9. The molecule has 0 spiro atoms. The Morgan fingerprint density at radius 1 is 0.654 bits per heavy atom. The summed E-state index contributed by atoms with van der Waals surface area (Å²) in [6.45, 7) is 11.9. The van der Waals surface area contributed by atoms with Crippen LogP contribution in [0.3, 0.4) is 0 Å². The van der Waals surface area contributed by atoms with Gasteiger partial charge in [0.15, 0.2) is 5.78 Å². The lowest BCUT2D eigenvalue weighted by Crippen LogP contribution is -2.42. The number of hydrogen-bond donors (Lipinski definition) is 0. The fourth-order valence-electron chi connectivity index (χ4n) is 3.71. The molecule has 2 rings (SSSR count). The van der Waals surface area contributed by atoms with Crippen LogP contribution >= 0.6 is 0 Å². The van der Waals surface area contributed by atoms with Gasteiger partial charge in [-0.2, -0.15) is 0 Å². The summed E-state index contributed by atoms with van der Waals surface area (Å²) in [4.78, 5) is 18.4. The van der Waals surface area contributed by atoms with Crippen LogP contribution in [0, 0.1) is 0 Å². The third kappa shape index (κ3) is 4.60. The van der Waals surface area contributed by atoms with E-state index < -0.39 is 0 Å². The molecule has 0 aliphatic heterocycles. The molecular formula is C23H32N2O. The van der Waals surface area contributed by atoms with E-state index in [9.17, 15) is 4.79 Å². The number of nitrogens with zero attached hydrogens (tertiary/aromatic N) is 2. The maximum Gasteiger partial charge on any atom is 0.176 e. The maximum absolute atomic E-state index is 13.9. The van der Waals surface area contributed by atoms with Gasteiger partial charge in [0.2, 0.25) is 0 Å². The lowest BCUT2D eigenvalue weighted by atomic mass is 9.91. The van der Waals surface area contributed by atoms with E-state index in [-0.39, 0.29) is 17.9 Å². The van der Waals surface area contributed by atoms with Crippen molar-refractivity contribution >= 4 is 5.78 Å². The van der Waals surface area contributed by atoms with Crippen LogP contribution in [0.5, 0.6) is 0 Å². The Balaban J connectivity index is 2.51. The molecule has 0 aromatic heterocycles. The van der Waals surface area contributed by atoms with Gasteiger partial charge in [-0.1, -0.05) is 88.4 Å². The van der Waals surface area contributed by atoms with Crippen LogP contribution in [0.2, 0.25) is 0 Å². The van der Waals surface area contributed by atoms with Gasteiger partial charge in [0, 0.05) is 0 Å². The van der Waals surface area contributed by atoms with Crippen molar-refractivity contribution in [2.75, 3.05) is 26.2 Å². The van der Waals surface area contributed by atoms with Gasteiger partial charge in [-0.05, 0) is 37.3 Å². The Morgan fingerprint density at radius 3 is 1.23 bits per heavy atom. The van der Waals surface area contributed by atoms with Crippen LogP contribution < -0.4 is 0 Å². The summed E-state index contributed by atoms with van der Waals surface area (Å²) < 4.78 is 0. The van der Waals surface area contributed by atoms with Gasteiger partial charge in [-0.3, -0.25) is 14.6 Å². The minimum atomic E-state index is -0.225. The zero-order valence-electron chi connectivity index (χ0n) is 16.6. The smallest absolute Gasteiger partial charge is 0.176 e. The first kappa shape index (κ1) is 20.3. The summed E-state index contributed by atoms with van der Waals surface area (Å²) in [5, 5.41) is 0. The predicted molar refractivity (Wildman–Crippen MR) is 109 cm³/mol. The summed E-state index contributed by atoms with van der Waals surface area (Å²) in [7, 11) is 0. The van der Waals surface area contributed by atoms with E-state index in [1.54, 1.807) is 0 Å². The SMILES string of the molecule is CCN(CC)C(C(=O)C(c1ccccc1)N(CC)CC)c1ccccc1. The highest BCUT2D eigenvalue weighted by molar-refractivity contribution is 5.91. The van der Waals surface area contributed by atoms with Gasteiger partial charge in [0.25, 0.3) is 0 Å². The molecule has 3 heteroatoms. The molecule has 26 heavy (non-hydrogen) atoms. The van der Waals surface area contributed by atoms with Crippen molar-refractivity contribution in [3.8, 4) is 0 Å². The van der Waals surface area contributed by atoms with Gasteiger partial charge in [0.1, 0.15) is 0 Å². The Kier molecular flexibility index (Phi) is 8.02. The van der Waals surface area contributed by atoms with Crippen LogP contribution in [0.4, 0.5) is 0 Å². The van der Waals surface area contributed by atoms with Gasteiger partial charge >= 0.3 is 0 Å². The molecule has 0 bridgehead atoms. The van der Waals surface area contributed by atoms with Crippen LogP contribution in [-0.2, 0) is 4.79 Å². The van der Waals surface area contributed by atoms with Crippen molar-refractivity contribution < 1.29 is 4.79 Å². The highest BCUT2D eigenvalue weighted by Crippen LogP contribution is 2.31. The second-order valence-corrected chi connectivity index (χ2v) is 6.47. The Bertz CT molecular complexity index is 591. The van der Waals surface area contributed by atoms with Crippen molar-refractivity contribution in [3.05, 3.63) is 71.8 Å². The third-order valence-electron chi connectivity index (χ3n) is 5.12. The molecule has 0 amide bonds. The first-order valence-corrected chi connectivity index (χ1v) is 9.79. The number of carbonyl (C=O) groups is 1. The van der Waals surface area contributed by atoms with Crippen molar-refractivity contribution in [1.82, 2.24) is 9.80 Å². The number of ketones is 1. The van der Waals surface area contributed by atoms with Gasteiger partial charge in [-0.25, -0.2) is 0 Å². The topological polar surface area (TPSA) is 23.6 Å². The van der Waals surface area contributed by atoms with E-state index in [0.29, 0.717) is 0 Å². The molecular weight excluding hydrogens is 320 g/mol. The summed E-state index contributed by atoms with van der Waals surface area (Å²) in [6.07, 6.45) is 0. The van der Waals surface area contributed by atoms with E-state index in [1.807, 2.05) is 36.4 Å². The molecule has 2 aromatic rings. The lowest BCUT2D eigenvalue weighted by Gasteiger charge is -2.36. The molecule has 0 saturated heterocycles. The molecule has 0 N–H and O–H groups in total. The Labute approximate surface area is 158 Å². The molecule has 0 aliphatic rings. The molecule has 0 aliphatic carbocycles. The number of rotatable bonds is 10. The second-order valence-electron chi connectivity index (χ2n) is 6.47. The monoisotopic (exact) mass is 352 g/mol. The van der Waals surface area contributed by atoms with E-state index in [4.69, 9.17) is 0 Å². The zero-order valence-corrected chi connectivity index (χ0v) is 16.6. The van der Waals surface area contributed by atoms with E-state index in [0.717, 1.165) is 37.3 Å². The highest BCUT2D eigenvalue weighted by Gasteiger charge is 2.35. The molecule has 0 heterocycles. The van der Waals surface area contributed by atoms with Gasteiger partial charge in [0.05, 0.1) is 12.1 Å². The summed E-state index contributed by atoms with van der Waals surface area (Å²) in [5.41, 5.74) is 2.16. The van der Waals surface area contributed by atoms with E-state index in [2.05, 4.69) is 61.8 Å². The van der Waals surface area contributed by atoms with Gasteiger partial charge < -0.3 is 0 Å². The molecule has 0 fully saturated rings. The fraction of sp³-hybridized carbons (Fsp3) is 0.435. The molecule has 2 aromatic carbocycles. The zero-order chi connectivity index (χ0) is 18.9. The first-order valence-electron chi connectivity index (χ1n) is 9.79. The second kappa shape index (κ2) is 10.2. The van der Waals surface area contributed by atoms with Crippen molar-refractivity contribution in [2.45, 2.75) is 39.8 Å². The van der Waals surface area contributed by atoms with Crippen molar-refractivity contribution in [1.29, 1.82) is 0 Å². The quantitative estimate of drug-likeness (QED) is 0.618. The fourth-order valence-corrected chi connectivity index (χ4v) is 3.71. The molecule has 0 saturated carbocycles. The van der Waals surface area contributed by atoms with Crippen molar-refractivity contribution in [2.24, 2.45) is 0 Å².